The number of amides is 2. The van der Waals surface area contributed by atoms with Gasteiger partial charge < -0.3 is 19.6 Å². The van der Waals surface area contributed by atoms with Crippen molar-refractivity contribution in [1.82, 2.24) is 4.90 Å². The third-order valence-corrected chi connectivity index (χ3v) is 8.09. The molecule has 2 heterocycles. The number of rotatable bonds is 5. The van der Waals surface area contributed by atoms with Gasteiger partial charge in [-0.2, -0.15) is 0 Å². The Labute approximate surface area is 230 Å². The molecule has 198 valence electrons. The van der Waals surface area contributed by atoms with Crippen molar-refractivity contribution in [3.8, 4) is 0 Å². The molecule has 2 atom stereocenters. The highest BCUT2D eigenvalue weighted by molar-refractivity contribution is 6.30. The fraction of sp³-hybridized carbons (Fsp3) is 0.355. The number of piperazine rings is 1. The molecule has 3 aromatic carbocycles. The third-order valence-electron chi connectivity index (χ3n) is 7.83. The molecule has 0 aliphatic carbocycles. The quantitative estimate of drug-likeness (QED) is 0.405. The van der Waals surface area contributed by atoms with E-state index < -0.39 is 0 Å². The molecule has 6 nitrogen and oxygen atoms in total. The Bertz CT molecular complexity index is 1290. The molecule has 7 heteroatoms. The molecule has 38 heavy (non-hydrogen) atoms. The van der Waals surface area contributed by atoms with E-state index in [-0.39, 0.29) is 23.9 Å². The van der Waals surface area contributed by atoms with Gasteiger partial charge in [0, 0.05) is 66.8 Å². The average Bonchev–Trinajstić information content (AvgIpc) is 2.94. The van der Waals surface area contributed by atoms with Gasteiger partial charge in [-0.25, -0.2) is 0 Å². The molecular formula is C31H35ClN4O2. The molecule has 1 saturated heterocycles. The van der Waals surface area contributed by atoms with Gasteiger partial charge in [0.25, 0.3) is 5.91 Å². The summed E-state index contributed by atoms with van der Waals surface area (Å²) in [6.07, 6.45) is 0.630. The van der Waals surface area contributed by atoms with Crippen LogP contribution in [0.2, 0.25) is 5.02 Å². The summed E-state index contributed by atoms with van der Waals surface area (Å²) in [6.45, 7) is 11.1. The highest BCUT2D eigenvalue weighted by Crippen LogP contribution is 2.43. The number of nitrogens with zero attached hydrogens (tertiary/aromatic N) is 4. The first kappa shape index (κ1) is 26.3. The summed E-state index contributed by atoms with van der Waals surface area (Å²) in [6, 6.07) is 23.0. The Balaban J connectivity index is 1.41. The predicted molar refractivity (Wildman–Crippen MR) is 155 cm³/mol. The Kier molecular flexibility index (Phi) is 7.73. The smallest absolute Gasteiger partial charge is 0.258 e. The molecule has 0 radical (unpaired) electrons. The zero-order chi connectivity index (χ0) is 26.8. The Hall–Kier alpha value is -3.35. The van der Waals surface area contributed by atoms with Gasteiger partial charge in [0.1, 0.15) is 0 Å². The molecule has 2 amide bonds. The summed E-state index contributed by atoms with van der Waals surface area (Å²) in [5.74, 6) is -0.0684. The minimum atomic E-state index is -0.187. The number of halogens is 1. The van der Waals surface area contributed by atoms with E-state index in [0.717, 1.165) is 55.3 Å². The van der Waals surface area contributed by atoms with Crippen molar-refractivity contribution in [2.24, 2.45) is 0 Å². The molecule has 0 bridgehead atoms. The van der Waals surface area contributed by atoms with Gasteiger partial charge in [0.15, 0.2) is 0 Å². The van der Waals surface area contributed by atoms with Crippen molar-refractivity contribution in [3.63, 3.8) is 0 Å². The normalized spacial score (nSPS) is 19.7. The zero-order valence-corrected chi connectivity index (χ0v) is 23.1. The first-order valence-electron chi connectivity index (χ1n) is 13.4. The topological polar surface area (TPSA) is 47.1 Å². The third kappa shape index (κ3) is 5.16. The number of hydrogen-bond acceptors (Lipinski definition) is 4. The van der Waals surface area contributed by atoms with Gasteiger partial charge in [0.2, 0.25) is 5.91 Å². The van der Waals surface area contributed by atoms with Crippen LogP contribution in [-0.2, 0) is 4.79 Å². The van der Waals surface area contributed by atoms with E-state index in [1.165, 1.54) is 0 Å². The van der Waals surface area contributed by atoms with E-state index in [1.54, 1.807) is 19.1 Å². The Morgan fingerprint density at radius 1 is 0.921 bits per heavy atom. The van der Waals surface area contributed by atoms with Crippen molar-refractivity contribution in [2.75, 3.05) is 47.4 Å². The summed E-state index contributed by atoms with van der Waals surface area (Å²) >= 11 is 6.11. The molecule has 1 fully saturated rings. The summed E-state index contributed by atoms with van der Waals surface area (Å²) in [4.78, 5) is 35.3. The number of hydrogen-bond donors (Lipinski definition) is 0. The lowest BCUT2D eigenvalue weighted by Crippen LogP contribution is -2.47. The van der Waals surface area contributed by atoms with Gasteiger partial charge in [-0.15, -0.1) is 0 Å². The van der Waals surface area contributed by atoms with Gasteiger partial charge in [0.05, 0.1) is 6.04 Å². The summed E-state index contributed by atoms with van der Waals surface area (Å²) in [5, 5.41) is 0.626. The maximum Gasteiger partial charge on any atom is 0.258 e. The maximum absolute atomic E-state index is 13.9. The molecule has 3 aromatic rings. The van der Waals surface area contributed by atoms with Gasteiger partial charge in [-0.3, -0.25) is 9.59 Å². The fourth-order valence-corrected chi connectivity index (χ4v) is 5.92. The molecular weight excluding hydrogens is 496 g/mol. The second-order valence-electron chi connectivity index (χ2n) is 10.2. The van der Waals surface area contributed by atoms with E-state index in [4.69, 9.17) is 11.6 Å². The molecule has 0 spiro atoms. The van der Waals surface area contributed by atoms with Gasteiger partial charge in [-0.05, 0) is 80.1 Å². The predicted octanol–water partition coefficient (Wildman–Crippen LogP) is 6.02. The molecule has 2 aliphatic rings. The first-order chi connectivity index (χ1) is 18.4. The van der Waals surface area contributed by atoms with Crippen LogP contribution >= 0.6 is 11.6 Å². The minimum Gasteiger partial charge on any atom is -0.369 e. The lowest BCUT2D eigenvalue weighted by molar-refractivity contribution is -0.117. The molecule has 2 unspecified atom stereocenters. The van der Waals surface area contributed by atoms with Crippen LogP contribution < -0.4 is 14.7 Å². The lowest BCUT2D eigenvalue weighted by atomic mass is 9.89. The van der Waals surface area contributed by atoms with Crippen LogP contribution in [0.4, 0.5) is 17.1 Å². The van der Waals surface area contributed by atoms with Crippen molar-refractivity contribution in [2.45, 2.75) is 39.3 Å². The average molecular weight is 531 g/mol. The molecule has 0 aromatic heterocycles. The highest BCUT2D eigenvalue weighted by atomic mass is 35.5. The SMILES string of the molecule is CCN1CCN(c2ccc(C(=O)N3c4ccccc4C(N(C(C)=O)c4ccc(Cl)cc4)CC3C)cc2)CC1. The second-order valence-corrected chi connectivity index (χ2v) is 10.6. The fourth-order valence-electron chi connectivity index (χ4n) is 5.79. The van der Waals surface area contributed by atoms with Crippen molar-refractivity contribution in [1.29, 1.82) is 0 Å². The lowest BCUT2D eigenvalue weighted by Gasteiger charge is -2.43. The number of carbonyl (C=O) groups excluding carboxylic acids is 2. The van der Waals surface area contributed by atoms with Crippen LogP contribution in [0.25, 0.3) is 0 Å². The van der Waals surface area contributed by atoms with Crippen LogP contribution in [0.15, 0.2) is 72.8 Å². The van der Waals surface area contributed by atoms with E-state index in [2.05, 4.69) is 35.8 Å². The van der Waals surface area contributed by atoms with Crippen molar-refractivity contribution >= 4 is 40.5 Å². The maximum atomic E-state index is 13.9. The summed E-state index contributed by atoms with van der Waals surface area (Å²) in [5.41, 5.74) is 4.44. The Morgan fingerprint density at radius 2 is 1.58 bits per heavy atom. The minimum absolute atomic E-state index is 0.0216. The molecule has 5 rings (SSSR count). The second kappa shape index (κ2) is 11.2. The van der Waals surface area contributed by atoms with Crippen LogP contribution in [0, 0.1) is 0 Å². The standard InChI is InChI=1S/C31H35ClN4O2/c1-4-33-17-19-34(20-18-33)26-13-9-24(10-14-26)31(38)35-22(2)21-30(28-7-5-6-8-29(28)35)36(23(3)37)27-15-11-25(32)12-16-27/h5-16,22,30H,4,17-21H2,1-3H3. The van der Waals surface area contributed by atoms with E-state index in [0.29, 0.717) is 17.0 Å². The highest BCUT2D eigenvalue weighted by Gasteiger charge is 2.38. The van der Waals surface area contributed by atoms with Crippen molar-refractivity contribution < 1.29 is 9.59 Å². The number of para-hydroxylation sites is 1. The summed E-state index contributed by atoms with van der Waals surface area (Å²) in [7, 11) is 0. The zero-order valence-electron chi connectivity index (χ0n) is 22.3. The molecule has 2 aliphatic heterocycles. The van der Waals surface area contributed by atoms with Gasteiger partial charge >= 0.3 is 0 Å². The van der Waals surface area contributed by atoms with Crippen molar-refractivity contribution in [3.05, 3.63) is 88.9 Å². The number of carbonyl (C=O) groups is 2. The monoisotopic (exact) mass is 530 g/mol. The number of fused-ring (bicyclic) bond motifs is 1. The number of anilines is 3. The summed E-state index contributed by atoms with van der Waals surface area (Å²) < 4.78 is 0. The van der Waals surface area contributed by atoms with E-state index in [1.807, 2.05) is 58.3 Å². The van der Waals surface area contributed by atoms with E-state index >= 15 is 0 Å². The largest absolute Gasteiger partial charge is 0.369 e. The number of likely N-dealkylation sites (N-methyl/N-ethyl adjacent to an activating group) is 1. The van der Waals surface area contributed by atoms with Crippen LogP contribution in [0.3, 0.4) is 0 Å². The van der Waals surface area contributed by atoms with E-state index in [9.17, 15) is 9.59 Å². The number of benzene rings is 3. The molecule has 0 saturated carbocycles. The van der Waals surface area contributed by atoms with Gasteiger partial charge in [-0.1, -0.05) is 36.7 Å². The van der Waals surface area contributed by atoms with Crippen LogP contribution in [-0.4, -0.2) is 55.5 Å². The molecule has 0 N–H and O–H groups in total. The van der Waals surface area contributed by atoms with Crippen LogP contribution in [0.5, 0.6) is 0 Å². The van der Waals surface area contributed by atoms with Crippen LogP contribution in [0.1, 0.15) is 49.2 Å². The first-order valence-corrected chi connectivity index (χ1v) is 13.8. The Morgan fingerprint density at radius 3 is 2.21 bits per heavy atom.